The third-order valence-electron chi connectivity index (χ3n) is 5.90. The molecule has 0 atom stereocenters. The topological polar surface area (TPSA) is 74.3 Å². The summed E-state index contributed by atoms with van der Waals surface area (Å²) in [4.78, 5) is 2.00. The van der Waals surface area contributed by atoms with Gasteiger partial charge in [-0.05, 0) is 58.8 Å². The van der Waals surface area contributed by atoms with Crippen molar-refractivity contribution >= 4 is 15.2 Å². The molecule has 28 heavy (non-hydrogen) atoms. The number of nitrogens with zero attached hydrogens (tertiary/aromatic N) is 1. The lowest BCUT2D eigenvalue weighted by Gasteiger charge is -2.47. The second-order valence-electron chi connectivity index (χ2n) is 7.69. The third kappa shape index (κ3) is 5.69. The van der Waals surface area contributed by atoms with Crippen molar-refractivity contribution in [1.29, 1.82) is 0 Å². The molecule has 0 aromatic carbocycles. The van der Waals surface area contributed by atoms with Gasteiger partial charge >= 0.3 is 15.2 Å². The molecule has 9 heteroatoms. The van der Waals surface area contributed by atoms with Gasteiger partial charge in [-0.1, -0.05) is 19.3 Å². The fourth-order valence-electron chi connectivity index (χ4n) is 4.67. The van der Waals surface area contributed by atoms with E-state index in [0.717, 1.165) is 12.8 Å². The second-order valence-corrected chi connectivity index (χ2v) is 12.3. The van der Waals surface area contributed by atoms with Crippen molar-refractivity contribution in [3.63, 3.8) is 0 Å². The van der Waals surface area contributed by atoms with Crippen LogP contribution in [0.1, 0.15) is 72.6 Å². The van der Waals surface area contributed by atoms with E-state index in [9.17, 15) is 9.13 Å². The van der Waals surface area contributed by atoms with Crippen LogP contribution in [0.3, 0.4) is 0 Å². The Balaban J connectivity index is 2.32. The Bertz CT molecular complexity index is 507. The van der Waals surface area contributed by atoms with Gasteiger partial charge in [-0.2, -0.15) is 0 Å². The van der Waals surface area contributed by atoms with Gasteiger partial charge in [0.2, 0.25) is 5.52 Å². The summed E-state index contributed by atoms with van der Waals surface area (Å²) in [7, 11) is -7.44. The average Bonchev–Trinajstić information content (AvgIpc) is 2.65. The minimum atomic E-state index is -3.72. The molecule has 0 amide bonds. The molecule has 0 aromatic heterocycles. The molecule has 0 unspecified atom stereocenters. The summed E-state index contributed by atoms with van der Waals surface area (Å²) in [5, 5.41) is 0. The molecule has 2 rings (SSSR count). The van der Waals surface area contributed by atoms with Crippen molar-refractivity contribution in [2.45, 2.75) is 78.2 Å². The number of hydrogen-bond acceptors (Lipinski definition) is 7. The standard InChI is InChI=1S/C19H39NO6P2/c1-5-23-27(21,24-6-2)18(28(22,25-7-3)26-8-4)20-16-14-19(15-17-20)12-10-9-11-13-19/h18H,5-17H2,1-4H3. The molecule has 2 aliphatic rings. The zero-order valence-corrected chi connectivity index (χ0v) is 19.8. The molecular formula is C19H39NO6P2. The van der Waals surface area contributed by atoms with Gasteiger partial charge in [0.05, 0.1) is 26.4 Å². The maximum atomic E-state index is 13.8. The summed E-state index contributed by atoms with van der Waals surface area (Å²) in [5.41, 5.74) is -0.636. The zero-order valence-electron chi connectivity index (χ0n) is 18.1. The minimum absolute atomic E-state index is 0.212. The Labute approximate surface area is 170 Å². The van der Waals surface area contributed by atoms with E-state index in [4.69, 9.17) is 18.1 Å². The monoisotopic (exact) mass is 439 g/mol. The predicted octanol–water partition coefficient (Wildman–Crippen LogP) is 5.85. The number of likely N-dealkylation sites (tertiary alicyclic amines) is 1. The Morgan fingerprint density at radius 3 is 1.46 bits per heavy atom. The smallest absolute Gasteiger partial charge is 0.307 e. The molecule has 0 radical (unpaired) electrons. The van der Waals surface area contributed by atoms with Crippen LogP contribution in [0.4, 0.5) is 0 Å². The van der Waals surface area contributed by atoms with Crippen molar-refractivity contribution in [2.75, 3.05) is 39.5 Å². The maximum Gasteiger partial charge on any atom is 0.360 e. The highest BCUT2D eigenvalue weighted by atomic mass is 31.2. The van der Waals surface area contributed by atoms with Crippen molar-refractivity contribution in [1.82, 2.24) is 4.90 Å². The molecule has 1 saturated carbocycles. The van der Waals surface area contributed by atoms with Gasteiger partial charge in [-0.3, -0.25) is 14.0 Å². The second kappa shape index (κ2) is 11.0. The van der Waals surface area contributed by atoms with Crippen LogP contribution in [0.25, 0.3) is 0 Å². The van der Waals surface area contributed by atoms with Crippen LogP contribution < -0.4 is 0 Å². The SMILES string of the molecule is CCOP(=O)(OCC)C(N1CCC2(CCCCC2)CC1)P(=O)(OCC)OCC. The zero-order chi connectivity index (χ0) is 20.7. The van der Waals surface area contributed by atoms with Gasteiger partial charge in [0, 0.05) is 13.1 Å². The molecule has 1 saturated heterocycles. The molecule has 1 heterocycles. The van der Waals surface area contributed by atoms with Crippen molar-refractivity contribution in [2.24, 2.45) is 5.41 Å². The minimum Gasteiger partial charge on any atom is -0.307 e. The number of rotatable bonds is 11. The Kier molecular flexibility index (Phi) is 9.67. The normalized spacial score (nSPS) is 21.5. The Hall–Kier alpha value is 0.260. The Morgan fingerprint density at radius 2 is 1.11 bits per heavy atom. The van der Waals surface area contributed by atoms with E-state index in [1.54, 1.807) is 27.7 Å². The van der Waals surface area contributed by atoms with Gasteiger partial charge in [-0.25, -0.2) is 0 Å². The van der Waals surface area contributed by atoms with Crippen LogP contribution in [0.2, 0.25) is 0 Å². The van der Waals surface area contributed by atoms with E-state index in [0.29, 0.717) is 18.5 Å². The van der Waals surface area contributed by atoms with Gasteiger partial charge < -0.3 is 18.1 Å². The Morgan fingerprint density at radius 1 is 0.714 bits per heavy atom. The lowest BCUT2D eigenvalue weighted by molar-refractivity contribution is 0.0568. The van der Waals surface area contributed by atoms with Gasteiger partial charge in [0.15, 0.2) is 0 Å². The summed E-state index contributed by atoms with van der Waals surface area (Å²) in [6.07, 6.45) is 8.44. The highest BCUT2D eigenvalue weighted by Crippen LogP contribution is 2.71. The van der Waals surface area contributed by atoms with Crippen LogP contribution in [-0.2, 0) is 27.2 Å². The van der Waals surface area contributed by atoms with Crippen LogP contribution in [-0.4, -0.2) is 49.9 Å². The molecule has 0 bridgehead atoms. The highest BCUT2D eigenvalue weighted by Gasteiger charge is 2.55. The molecule has 0 N–H and O–H groups in total. The average molecular weight is 439 g/mol. The van der Waals surface area contributed by atoms with E-state index in [1.807, 2.05) is 4.90 Å². The fraction of sp³-hybridized carbons (Fsp3) is 1.00. The molecule has 0 aromatic rings. The first-order valence-corrected chi connectivity index (χ1v) is 14.1. The lowest BCUT2D eigenvalue weighted by atomic mass is 9.68. The van der Waals surface area contributed by atoms with E-state index in [-0.39, 0.29) is 26.4 Å². The van der Waals surface area contributed by atoms with Crippen molar-refractivity contribution < 1.29 is 27.2 Å². The van der Waals surface area contributed by atoms with E-state index >= 15 is 0 Å². The summed E-state index contributed by atoms with van der Waals surface area (Å²) in [6, 6.07) is 0. The first-order chi connectivity index (χ1) is 13.4. The molecule has 166 valence electrons. The van der Waals surface area contributed by atoms with Crippen LogP contribution in [0.5, 0.6) is 0 Å². The molecule has 1 aliphatic carbocycles. The summed E-state index contributed by atoms with van der Waals surface area (Å²) in [6.45, 7) is 9.33. The maximum absolute atomic E-state index is 13.8. The van der Waals surface area contributed by atoms with E-state index < -0.39 is 20.7 Å². The van der Waals surface area contributed by atoms with E-state index in [1.165, 1.54) is 32.1 Å². The molecule has 1 spiro atoms. The van der Waals surface area contributed by atoms with Crippen molar-refractivity contribution in [3.8, 4) is 0 Å². The lowest BCUT2D eigenvalue weighted by Crippen LogP contribution is -2.46. The summed E-state index contributed by atoms with van der Waals surface area (Å²) in [5.74, 6) is 0. The van der Waals surface area contributed by atoms with E-state index in [2.05, 4.69) is 0 Å². The third-order valence-corrected chi connectivity index (χ3v) is 11.9. The largest absolute Gasteiger partial charge is 0.360 e. The van der Waals surface area contributed by atoms with Gasteiger partial charge in [0.25, 0.3) is 0 Å². The highest BCUT2D eigenvalue weighted by molar-refractivity contribution is 7.72. The molecule has 7 nitrogen and oxygen atoms in total. The molecular weight excluding hydrogens is 400 g/mol. The predicted molar refractivity (Wildman–Crippen MR) is 112 cm³/mol. The van der Waals surface area contributed by atoms with Crippen LogP contribution in [0, 0.1) is 5.41 Å². The van der Waals surface area contributed by atoms with Gasteiger partial charge in [-0.15, -0.1) is 0 Å². The van der Waals surface area contributed by atoms with Crippen molar-refractivity contribution in [3.05, 3.63) is 0 Å². The van der Waals surface area contributed by atoms with Crippen LogP contribution in [0.15, 0.2) is 0 Å². The summed E-state index contributed by atoms with van der Waals surface area (Å²) >= 11 is 0. The fourth-order valence-corrected chi connectivity index (χ4v) is 10.2. The van der Waals surface area contributed by atoms with Crippen LogP contribution >= 0.6 is 15.2 Å². The first-order valence-electron chi connectivity index (χ1n) is 10.9. The molecule has 1 aliphatic heterocycles. The molecule has 2 fully saturated rings. The summed E-state index contributed by atoms with van der Waals surface area (Å²) < 4.78 is 50.0. The first kappa shape index (κ1) is 24.5. The number of piperidine rings is 1. The van der Waals surface area contributed by atoms with Gasteiger partial charge in [0.1, 0.15) is 0 Å². The quantitative estimate of drug-likeness (QED) is 0.374. The number of hydrogen-bond donors (Lipinski definition) is 0.